The highest BCUT2D eigenvalue weighted by Gasteiger charge is 2.22. The van der Waals surface area contributed by atoms with E-state index in [0.717, 1.165) is 23.3 Å². The van der Waals surface area contributed by atoms with E-state index < -0.39 is 5.97 Å². The summed E-state index contributed by atoms with van der Waals surface area (Å²) in [5.74, 6) is -0.547. The maximum Gasteiger partial charge on any atom is 0.349 e. The lowest BCUT2D eigenvalue weighted by Crippen LogP contribution is -2.21. The van der Waals surface area contributed by atoms with Gasteiger partial charge < -0.3 is 14.6 Å². The van der Waals surface area contributed by atoms with Crippen LogP contribution in [0.3, 0.4) is 0 Å². The molecule has 1 aliphatic rings. The van der Waals surface area contributed by atoms with E-state index in [1.54, 1.807) is 11.4 Å². The van der Waals surface area contributed by atoms with Gasteiger partial charge in [-0.25, -0.2) is 4.79 Å². The van der Waals surface area contributed by atoms with Crippen LogP contribution in [0.4, 0.5) is 0 Å². The quantitative estimate of drug-likeness (QED) is 0.940. The molecule has 1 atom stereocenters. The lowest BCUT2D eigenvalue weighted by molar-refractivity contribution is 0.00994. The Labute approximate surface area is 120 Å². The first-order chi connectivity index (χ1) is 9.75. The second kappa shape index (κ2) is 5.64. The summed E-state index contributed by atoms with van der Waals surface area (Å²) >= 11 is 1.16. The van der Waals surface area contributed by atoms with Crippen molar-refractivity contribution in [2.24, 2.45) is 0 Å². The number of aromatic carboxylic acids is 1. The predicted molar refractivity (Wildman–Crippen MR) is 75.6 cm³/mol. The molecule has 1 unspecified atom stereocenters. The highest BCUT2D eigenvalue weighted by molar-refractivity contribution is 7.12. The molecule has 0 spiro atoms. The van der Waals surface area contributed by atoms with E-state index in [1.807, 2.05) is 18.2 Å². The molecule has 0 aliphatic carbocycles. The zero-order chi connectivity index (χ0) is 13.9. The second-order valence-corrected chi connectivity index (χ2v) is 5.45. The summed E-state index contributed by atoms with van der Waals surface area (Å²) in [5.41, 5.74) is 2.40. The first kappa shape index (κ1) is 13.1. The SMILES string of the molecule is O=C(O)c1sccc1OCC1OCCc2ccccc21. The van der Waals surface area contributed by atoms with Gasteiger partial charge in [0.15, 0.2) is 4.88 Å². The molecule has 2 heterocycles. The van der Waals surface area contributed by atoms with Gasteiger partial charge in [0.2, 0.25) is 0 Å². The summed E-state index contributed by atoms with van der Waals surface area (Å²) < 4.78 is 11.4. The Morgan fingerprint density at radius 1 is 1.40 bits per heavy atom. The molecule has 4 nitrogen and oxygen atoms in total. The largest absolute Gasteiger partial charge is 0.489 e. The van der Waals surface area contributed by atoms with Crippen LogP contribution in [-0.4, -0.2) is 24.3 Å². The smallest absolute Gasteiger partial charge is 0.349 e. The average Bonchev–Trinajstić information content (AvgIpc) is 2.93. The number of carboxylic acid groups (broad SMARTS) is 1. The van der Waals surface area contributed by atoms with E-state index in [2.05, 4.69) is 6.07 Å². The Morgan fingerprint density at radius 2 is 2.25 bits per heavy atom. The normalized spacial score (nSPS) is 17.5. The Bertz CT molecular complexity index is 620. The molecule has 2 aromatic rings. The van der Waals surface area contributed by atoms with Gasteiger partial charge in [0.05, 0.1) is 6.61 Å². The standard InChI is InChI=1S/C15H14O4S/c16-15(17)14-12(6-8-20-14)19-9-13-11-4-2-1-3-10(11)5-7-18-13/h1-4,6,8,13H,5,7,9H2,(H,16,17). The van der Waals surface area contributed by atoms with Gasteiger partial charge in [0, 0.05) is 0 Å². The van der Waals surface area contributed by atoms with Crippen molar-refractivity contribution in [2.75, 3.05) is 13.2 Å². The third-order valence-electron chi connectivity index (χ3n) is 3.31. The lowest BCUT2D eigenvalue weighted by atomic mass is 9.98. The lowest BCUT2D eigenvalue weighted by Gasteiger charge is -2.25. The monoisotopic (exact) mass is 290 g/mol. The van der Waals surface area contributed by atoms with Crippen molar-refractivity contribution in [3.63, 3.8) is 0 Å². The Morgan fingerprint density at radius 3 is 3.10 bits per heavy atom. The fourth-order valence-electron chi connectivity index (χ4n) is 2.35. The fourth-order valence-corrected chi connectivity index (χ4v) is 3.02. The molecular weight excluding hydrogens is 276 g/mol. The fraction of sp³-hybridized carbons (Fsp3) is 0.267. The van der Waals surface area contributed by atoms with Gasteiger partial charge in [-0.1, -0.05) is 24.3 Å². The van der Waals surface area contributed by atoms with Crippen LogP contribution in [0.25, 0.3) is 0 Å². The molecular formula is C15H14O4S. The minimum atomic E-state index is -0.958. The summed E-state index contributed by atoms with van der Waals surface area (Å²) in [5, 5.41) is 10.8. The van der Waals surface area contributed by atoms with Crippen LogP contribution in [0.2, 0.25) is 0 Å². The molecule has 0 radical (unpaired) electrons. The first-order valence-corrected chi connectivity index (χ1v) is 7.26. The molecule has 104 valence electrons. The van der Waals surface area contributed by atoms with Crippen LogP contribution < -0.4 is 4.74 Å². The van der Waals surface area contributed by atoms with Crippen molar-refractivity contribution >= 4 is 17.3 Å². The van der Waals surface area contributed by atoms with Gasteiger partial charge in [0.25, 0.3) is 0 Å². The number of carboxylic acids is 1. The highest BCUT2D eigenvalue weighted by Crippen LogP contribution is 2.30. The maximum atomic E-state index is 11.0. The van der Waals surface area contributed by atoms with E-state index in [-0.39, 0.29) is 11.0 Å². The maximum absolute atomic E-state index is 11.0. The molecule has 0 bridgehead atoms. The molecule has 0 amide bonds. The number of rotatable bonds is 4. The third kappa shape index (κ3) is 2.55. The van der Waals surface area contributed by atoms with E-state index in [4.69, 9.17) is 14.6 Å². The Hall–Kier alpha value is -1.85. The molecule has 20 heavy (non-hydrogen) atoms. The molecule has 1 aromatic heterocycles. The molecule has 0 fully saturated rings. The topological polar surface area (TPSA) is 55.8 Å². The van der Waals surface area contributed by atoms with Gasteiger partial charge in [-0.05, 0) is 29.0 Å². The summed E-state index contributed by atoms with van der Waals surface area (Å²) in [4.78, 5) is 11.3. The van der Waals surface area contributed by atoms with Gasteiger partial charge in [0.1, 0.15) is 18.5 Å². The summed E-state index contributed by atoms with van der Waals surface area (Å²) in [6, 6.07) is 9.81. The van der Waals surface area contributed by atoms with Crippen molar-refractivity contribution in [3.05, 3.63) is 51.7 Å². The van der Waals surface area contributed by atoms with Crippen LogP contribution in [0.15, 0.2) is 35.7 Å². The predicted octanol–water partition coefficient (Wildman–Crippen LogP) is 3.14. The molecule has 5 heteroatoms. The number of hydrogen-bond donors (Lipinski definition) is 1. The number of thiophene rings is 1. The first-order valence-electron chi connectivity index (χ1n) is 6.38. The molecule has 0 saturated heterocycles. The van der Waals surface area contributed by atoms with E-state index in [9.17, 15) is 4.79 Å². The highest BCUT2D eigenvalue weighted by atomic mass is 32.1. The Balaban J connectivity index is 1.73. The summed E-state index contributed by atoms with van der Waals surface area (Å²) in [7, 11) is 0. The van der Waals surface area contributed by atoms with Crippen molar-refractivity contribution in [2.45, 2.75) is 12.5 Å². The zero-order valence-electron chi connectivity index (χ0n) is 10.7. The van der Waals surface area contributed by atoms with Gasteiger partial charge in [-0.3, -0.25) is 0 Å². The van der Waals surface area contributed by atoms with Crippen LogP contribution >= 0.6 is 11.3 Å². The van der Waals surface area contributed by atoms with Crippen LogP contribution in [0.1, 0.15) is 26.9 Å². The number of ether oxygens (including phenoxy) is 2. The minimum absolute atomic E-state index is 0.138. The number of fused-ring (bicyclic) bond motifs is 1. The molecule has 1 N–H and O–H groups in total. The van der Waals surface area contributed by atoms with Crippen molar-refractivity contribution in [1.82, 2.24) is 0 Å². The zero-order valence-corrected chi connectivity index (χ0v) is 11.6. The molecule has 0 saturated carbocycles. The Kier molecular flexibility index (Phi) is 3.71. The number of benzene rings is 1. The van der Waals surface area contributed by atoms with E-state index >= 15 is 0 Å². The number of carbonyl (C=O) groups is 1. The van der Waals surface area contributed by atoms with Gasteiger partial charge in [-0.2, -0.15) is 0 Å². The van der Waals surface area contributed by atoms with Crippen molar-refractivity contribution in [3.8, 4) is 5.75 Å². The van der Waals surface area contributed by atoms with E-state index in [1.165, 1.54) is 5.56 Å². The van der Waals surface area contributed by atoms with Crippen LogP contribution in [0, 0.1) is 0 Å². The van der Waals surface area contributed by atoms with E-state index in [0.29, 0.717) is 19.0 Å². The molecule has 1 aromatic carbocycles. The molecule has 3 rings (SSSR count). The van der Waals surface area contributed by atoms with Crippen LogP contribution in [0.5, 0.6) is 5.75 Å². The van der Waals surface area contributed by atoms with Crippen molar-refractivity contribution < 1.29 is 19.4 Å². The average molecular weight is 290 g/mol. The van der Waals surface area contributed by atoms with Gasteiger partial charge >= 0.3 is 5.97 Å². The second-order valence-electron chi connectivity index (χ2n) is 4.54. The van der Waals surface area contributed by atoms with Crippen molar-refractivity contribution in [1.29, 1.82) is 0 Å². The van der Waals surface area contributed by atoms with Crippen LogP contribution in [-0.2, 0) is 11.2 Å². The van der Waals surface area contributed by atoms with Gasteiger partial charge in [-0.15, -0.1) is 11.3 Å². The summed E-state index contributed by atoms with van der Waals surface area (Å²) in [6.45, 7) is 0.995. The molecule has 1 aliphatic heterocycles. The summed E-state index contributed by atoms with van der Waals surface area (Å²) in [6.07, 6.45) is 0.771. The minimum Gasteiger partial charge on any atom is -0.489 e. The third-order valence-corrected chi connectivity index (χ3v) is 4.19. The number of hydrogen-bond acceptors (Lipinski definition) is 4.